The second kappa shape index (κ2) is 8.08. The maximum absolute atomic E-state index is 3.41. The molecule has 2 unspecified atom stereocenters. The first kappa shape index (κ1) is 14.0. The van der Waals surface area contributed by atoms with Gasteiger partial charge in [0.1, 0.15) is 0 Å². The van der Waals surface area contributed by atoms with Gasteiger partial charge in [0.05, 0.1) is 0 Å². The zero-order valence-electron chi connectivity index (χ0n) is 11.5. The molecule has 2 heteroatoms. The second-order valence-electron chi connectivity index (χ2n) is 5.42. The molecule has 1 aliphatic heterocycles. The molecule has 1 fully saturated rings. The smallest absolute Gasteiger partial charge is 0.00674 e. The second-order valence-corrected chi connectivity index (χ2v) is 5.42. The van der Waals surface area contributed by atoms with Crippen LogP contribution in [0.2, 0.25) is 0 Å². The van der Waals surface area contributed by atoms with E-state index in [-0.39, 0.29) is 0 Å². The van der Waals surface area contributed by atoms with Crippen molar-refractivity contribution in [2.45, 2.75) is 58.9 Å². The lowest BCUT2D eigenvalue weighted by Gasteiger charge is -2.27. The number of nitrogens with zero attached hydrogens (tertiary/aromatic N) is 1. The fraction of sp³-hybridized carbons (Fsp3) is 1.00. The lowest BCUT2D eigenvalue weighted by Crippen LogP contribution is -2.34. The van der Waals surface area contributed by atoms with Gasteiger partial charge in [-0.1, -0.05) is 13.8 Å². The van der Waals surface area contributed by atoms with Crippen LogP contribution in [-0.2, 0) is 0 Å². The standard InChI is InChI=1S/C14H30N2/c1-4-15-10-5-8-14(3)16-11-6-7-13(2)9-12-16/h13-15H,4-12H2,1-3H3. The molecule has 1 rings (SSSR count). The molecule has 0 aliphatic carbocycles. The Morgan fingerprint density at radius 3 is 2.88 bits per heavy atom. The Bertz CT molecular complexity index is 170. The minimum atomic E-state index is 0.781. The summed E-state index contributed by atoms with van der Waals surface area (Å²) < 4.78 is 0. The maximum Gasteiger partial charge on any atom is 0.00674 e. The molecular formula is C14H30N2. The molecule has 1 saturated heterocycles. The summed E-state index contributed by atoms with van der Waals surface area (Å²) in [7, 11) is 0. The highest BCUT2D eigenvalue weighted by atomic mass is 15.1. The third kappa shape index (κ3) is 5.31. The monoisotopic (exact) mass is 226 g/mol. The minimum absolute atomic E-state index is 0.781. The van der Waals surface area contributed by atoms with E-state index in [0.717, 1.165) is 18.5 Å². The van der Waals surface area contributed by atoms with E-state index in [0.29, 0.717) is 0 Å². The molecule has 0 spiro atoms. The van der Waals surface area contributed by atoms with Crippen molar-refractivity contribution >= 4 is 0 Å². The normalized spacial score (nSPS) is 25.3. The van der Waals surface area contributed by atoms with Crippen molar-refractivity contribution in [2.24, 2.45) is 5.92 Å². The molecule has 16 heavy (non-hydrogen) atoms. The van der Waals surface area contributed by atoms with Crippen LogP contribution in [0.15, 0.2) is 0 Å². The van der Waals surface area contributed by atoms with E-state index in [2.05, 4.69) is 31.0 Å². The molecule has 0 aromatic heterocycles. The predicted molar refractivity (Wildman–Crippen MR) is 71.8 cm³/mol. The molecular weight excluding hydrogens is 196 g/mol. The van der Waals surface area contributed by atoms with Gasteiger partial charge < -0.3 is 10.2 Å². The SMILES string of the molecule is CCNCCCC(C)N1CCCC(C)CC1. The van der Waals surface area contributed by atoms with Gasteiger partial charge in [-0.2, -0.15) is 0 Å². The number of hydrogen-bond acceptors (Lipinski definition) is 2. The summed E-state index contributed by atoms with van der Waals surface area (Å²) >= 11 is 0. The summed E-state index contributed by atoms with van der Waals surface area (Å²) in [6, 6.07) is 0.781. The number of likely N-dealkylation sites (tertiary alicyclic amines) is 1. The summed E-state index contributed by atoms with van der Waals surface area (Å²) in [5.41, 5.74) is 0. The van der Waals surface area contributed by atoms with E-state index < -0.39 is 0 Å². The van der Waals surface area contributed by atoms with E-state index >= 15 is 0 Å². The van der Waals surface area contributed by atoms with Gasteiger partial charge in [-0.05, 0) is 71.1 Å². The summed E-state index contributed by atoms with van der Waals surface area (Å²) in [6.07, 6.45) is 6.90. The van der Waals surface area contributed by atoms with Crippen molar-refractivity contribution in [2.75, 3.05) is 26.2 Å². The van der Waals surface area contributed by atoms with Crippen LogP contribution in [0, 0.1) is 5.92 Å². The molecule has 2 nitrogen and oxygen atoms in total. The Hall–Kier alpha value is -0.0800. The van der Waals surface area contributed by atoms with E-state index in [1.807, 2.05) is 0 Å². The summed E-state index contributed by atoms with van der Waals surface area (Å²) in [5, 5.41) is 3.41. The van der Waals surface area contributed by atoms with Crippen LogP contribution in [0.1, 0.15) is 52.9 Å². The van der Waals surface area contributed by atoms with Crippen LogP contribution in [0.5, 0.6) is 0 Å². The Kier molecular flexibility index (Phi) is 7.06. The maximum atomic E-state index is 3.41. The molecule has 96 valence electrons. The van der Waals surface area contributed by atoms with Gasteiger partial charge in [0.25, 0.3) is 0 Å². The first-order valence-corrected chi connectivity index (χ1v) is 7.18. The largest absolute Gasteiger partial charge is 0.317 e. The molecule has 0 amide bonds. The average molecular weight is 226 g/mol. The minimum Gasteiger partial charge on any atom is -0.317 e. The van der Waals surface area contributed by atoms with E-state index in [4.69, 9.17) is 0 Å². The Morgan fingerprint density at radius 2 is 2.12 bits per heavy atom. The van der Waals surface area contributed by atoms with Gasteiger partial charge in [0.2, 0.25) is 0 Å². The molecule has 0 aromatic carbocycles. The first-order chi connectivity index (χ1) is 7.74. The lowest BCUT2D eigenvalue weighted by molar-refractivity contribution is 0.202. The third-order valence-electron chi connectivity index (χ3n) is 3.90. The number of nitrogens with one attached hydrogen (secondary N) is 1. The molecule has 1 aliphatic rings. The molecule has 0 saturated carbocycles. The highest BCUT2D eigenvalue weighted by molar-refractivity contribution is 4.73. The van der Waals surface area contributed by atoms with Gasteiger partial charge in [-0.3, -0.25) is 0 Å². The van der Waals surface area contributed by atoms with Crippen LogP contribution < -0.4 is 5.32 Å². The zero-order valence-corrected chi connectivity index (χ0v) is 11.5. The van der Waals surface area contributed by atoms with E-state index in [9.17, 15) is 0 Å². The van der Waals surface area contributed by atoms with E-state index in [1.54, 1.807) is 0 Å². The highest BCUT2D eigenvalue weighted by Crippen LogP contribution is 2.19. The molecule has 2 atom stereocenters. The van der Waals surface area contributed by atoms with Gasteiger partial charge in [0.15, 0.2) is 0 Å². The molecule has 1 heterocycles. The molecule has 0 bridgehead atoms. The fourth-order valence-corrected chi connectivity index (χ4v) is 2.61. The van der Waals surface area contributed by atoms with Gasteiger partial charge in [-0.25, -0.2) is 0 Å². The summed E-state index contributed by atoms with van der Waals surface area (Å²) in [6.45, 7) is 11.9. The van der Waals surface area contributed by atoms with Crippen LogP contribution in [0.3, 0.4) is 0 Å². The van der Waals surface area contributed by atoms with Crippen LogP contribution in [0.4, 0.5) is 0 Å². The van der Waals surface area contributed by atoms with Crippen molar-refractivity contribution in [3.8, 4) is 0 Å². The lowest BCUT2D eigenvalue weighted by atomic mass is 10.0. The quantitative estimate of drug-likeness (QED) is 0.701. The van der Waals surface area contributed by atoms with Crippen LogP contribution in [0.25, 0.3) is 0 Å². The van der Waals surface area contributed by atoms with Gasteiger partial charge in [0, 0.05) is 6.04 Å². The Labute approximate surface area is 102 Å². The van der Waals surface area contributed by atoms with Crippen LogP contribution in [-0.4, -0.2) is 37.1 Å². The van der Waals surface area contributed by atoms with Crippen LogP contribution >= 0.6 is 0 Å². The fourth-order valence-electron chi connectivity index (χ4n) is 2.61. The number of rotatable bonds is 6. The van der Waals surface area contributed by atoms with Crippen molar-refractivity contribution in [1.82, 2.24) is 10.2 Å². The Balaban J connectivity index is 2.16. The molecule has 1 N–H and O–H groups in total. The average Bonchev–Trinajstić information content (AvgIpc) is 2.49. The van der Waals surface area contributed by atoms with Gasteiger partial charge >= 0.3 is 0 Å². The van der Waals surface area contributed by atoms with Crippen molar-refractivity contribution in [3.05, 3.63) is 0 Å². The molecule has 0 radical (unpaired) electrons. The third-order valence-corrected chi connectivity index (χ3v) is 3.90. The Morgan fingerprint density at radius 1 is 1.31 bits per heavy atom. The number of hydrogen-bond donors (Lipinski definition) is 1. The topological polar surface area (TPSA) is 15.3 Å². The summed E-state index contributed by atoms with van der Waals surface area (Å²) in [5.74, 6) is 0.943. The molecule has 0 aromatic rings. The van der Waals surface area contributed by atoms with Crippen molar-refractivity contribution < 1.29 is 0 Å². The highest BCUT2D eigenvalue weighted by Gasteiger charge is 2.17. The predicted octanol–water partition coefficient (Wildman–Crippen LogP) is 2.89. The van der Waals surface area contributed by atoms with Gasteiger partial charge in [-0.15, -0.1) is 0 Å². The van der Waals surface area contributed by atoms with E-state index in [1.165, 1.54) is 51.7 Å². The zero-order chi connectivity index (χ0) is 11.8. The first-order valence-electron chi connectivity index (χ1n) is 7.18. The summed E-state index contributed by atoms with van der Waals surface area (Å²) in [4.78, 5) is 2.70. The van der Waals surface area contributed by atoms with Crippen molar-refractivity contribution in [1.29, 1.82) is 0 Å². The van der Waals surface area contributed by atoms with Crippen molar-refractivity contribution in [3.63, 3.8) is 0 Å².